The minimum atomic E-state index is -4.86. The Morgan fingerprint density at radius 3 is 2.04 bits per heavy atom. The van der Waals surface area contributed by atoms with Crippen LogP contribution < -0.4 is 9.84 Å². The lowest BCUT2D eigenvalue weighted by molar-refractivity contribution is -0.255. The predicted molar refractivity (Wildman–Crippen MR) is 175 cm³/mol. The fourth-order valence-electron chi connectivity index (χ4n) is 5.30. The summed E-state index contributed by atoms with van der Waals surface area (Å²) in [6.07, 6.45) is 1.24. The molecule has 0 saturated carbocycles. The van der Waals surface area contributed by atoms with E-state index in [-0.39, 0.29) is 35.7 Å². The number of alkyl halides is 3. The van der Waals surface area contributed by atoms with Gasteiger partial charge in [-0.15, -0.1) is 0 Å². The summed E-state index contributed by atoms with van der Waals surface area (Å²) in [4.78, 5) is 36.6. The topological polar surface area (TPSA) is 102 Å². The van der Waals surface area contributed by atoms with E-state index in [2.05, 4.69) is 11.7 Å². The van der Waals surface area contributed by atoms with E-state index in [9.17, 15) is 32.7 Å². The highest BCUT2D eigenvalue weighted by atomic mass is 19.4. The van der Waals surface area contributed by atoms with Crippen LogP contribution in [0.1, 0.15) is 105 Å². The molecule has 3 rings (SSSR count). The van der Waals surface area contributed by atoms with Crippen molar-refractivity contribution in [3.8, 4) is 28.0 Å². The second-order valence-corrected chi connectivity index (χ2v) is 11.7. The molecule has 0 fully saturated rings. The van der Waals surface area contributed by atoms with Crippen LogP contribution in [0.4, 0.5) is 17.6 Å². The summed E-state index contributed by atoms with van der Waals surface area (Å²) in [6, 6.07) is 13.8. The smallest absolute Gasteiger partial charge is 0.425 e. The number of carbonyl (C=O) groups excluding carboxylic acids is 3. The van der Waals surface area contributed by atoms with Gasteiger partial charge in [-0.25, -0.2) is 9.18 Å². The molecule has 0 spiro atoms. The second-order valence-electron chi connectivity index (χ2n) is 11.7. The summed E-state index contributed by atoms with van der Waals surface area (Å²) in [5.74, 6) is -4.14. The summed E-state index contributed by atoms with van der Waals surface area (Å²) in [7, 11) is 0. The van der Waals surface area contributed by atoms with Crippen molar-refractivity contribution in [2.45, 2.75) is 96.8 Å². The molecule has 0 saturated heterocycles. The van der Waals surface area contributed by atoms with Crippen molar-refractivity contribution >= 4 is 17.9 Å². The maximum Gasteiger partial charge on any atom is 0.425 e. The van der Waals surface area contributed by atoms with Crippen LogP contribution in [-0.4, -0.2) is 43.4 Å². The van der Waals surface area contributed by atoms with Gasteiger partial charge in [0.1, 0.15) is 11.6 Å². The van der Waals surface area contributed by atoms with Crippen molar-refractivity contribution in [3.05, 3.63) is 77.6 Å². The van der Waals surface area contributed by atoms with Crippen LogP contribution in [0.3, 0.4) is 0 Å². The van der Waals surface area contributed by atoms with Crippen molar-refractivity contribution in [1.82, 2.24) is 0 Å². The predicted octanol–water partition coefficient (Wildman–Crippen LogP) is 8.86. The molecular formula is C38H43F4O7-. The van der Waals surface area contributed by atoms with Crippen molar-refractivity contribution in [1.29, 1.82) is 0 Å². The number of carboxylic acid groups (broad SMARTS) is 1. The molecule has 3 aromatic carbocycles. The quantitative estimate of drug-likeness (QED) is 0.0506. The van der Waals surface area contributed by atoms with E-state index >= 15 is 4.39 Å². The Morgan fingerprint density at radius 1 is 0.776 bits per heavy atom. The van der Waals surface area contributed by atoms with E-state index in [1.54, 1.807) is 31.2 Å². The summed E-state index contributed by atoms with van der Waals surface area (Å²) < 4.78 is 71.0. The van der Waals surface area contributed by atoms with Gasteiger partial charge >= 0.3 is 18.1 Å². The monoisotopic (exact) mass is 687 g/mol. The van der Waals surface area contributed by atoms with Crippen molar-refractivity contribution in [2.75, 3.05) is 13.2 Å². The third-order valence-electron chi connectivity index (χ3n) is 7.96. The molecule has 266 valence electrons. The molecule has 0 bridgehead atoms. The number of carboxylic acids is 1. The molecular weight excluding hydrogens is 644 g/mol. The molecule has 3 aromatic rings. The SMILES string of the molecule is CCCCCCCCCCC(=O)Oc1ccc(-c2ccc(C(=O)[O-])cc2-c2ccc(C(=O)O[C@H](CCCOCC)C(F)(F)F)c(F)c2)cc1. The zero-order valence-electron chi connectivity index (χ0n) is 27.9. The summed E-state index contributed by atoms with van der Waals surface area (Å²) in [5, 5.41) is 11.7. The van der Waals surface area contributed by atoms with Crippen LogP contribution >= 0.6 is 0 Å². The molecule has 0 radical (unpaired) electrons. The standard InChI is InChI=1S/C38H44F4O7/c1-3-5-6-7-8-9-10-11-14-35(43)48-29-19-15-26(16-20-29)30-21-18-28(36(44)45)24-32(30)27-17-22-31(33(39)25-27)37(46)49-34(38(40,41)42)13-12-23-47-4-2/h15-22,24-25,34H,3-14,23H2,1-2H3,(H,44,45)/p-1/t34-/m1/s1. The largest absolute Gasteiger partial charge is 0.545 e. The van der Waals surface area contributed by atoms with E-state index in [1.165, 1.54) is 49.9 Å². The van der Waals surface area contributed by atoms with Gasteiger partial charge in [0.2, 0.25) is 0 Å². The Balaban J connectivity index is 1.74. The lowest BCUT2D eigenvalue weighted by Crippen LogP contribution is -2.34. The molecule has 0 aliphatic carbocycles. The first-order valence-corrected chi connectivity index (χ1v) is 16.8. The van der Waals surface area contributed by atoms with Gasteiger partial charge in [-0.1, -0.05) is 82.2 Å². The van der Waals surface area contributed by atoms with Gasteiger partial charge < -0.3 is 24.1 Å². The first-order valence-electron chi connectivity index (χ1n) is 16.8. The minimum absolute atomic E-state index is 0.0208. The molecule has 0 aromatic heterocycles. The Bertz CT molecular complexity index is 1520. The number of ether oxygens (including phenoxy) is 3. The van der Waals surface area contributed by atoms with Crippen LogP contribution in [0.25, 0.3) is 22.3 Å². The number of hydrogen-bond donors (Lipinski definition) is 0. The van der Waals surface area contributed by atoms with Crippen LogP contribution in [0.15, 0.2) is 60.7 Å². The third kappa shape index (κ3) is 12.6. The number of rotatable bonds is 20. The van der Waals surface area contributed by atoms with Gasteiger partial charge in [-0.2, -0.15) is 13.2 Å². The van der Waals surface area contributed by atoms with Gasteiger partial charge in [0.15, 0.2) is 6.10 Å². The normalized spacial score (nSPS) is 12.0. The highest BCUT2D eigenvalue weighted by Gasteiger charge is 2.42. The minimum Gasteiger partial charge on any atom is -0.545 e. The van der Waals surface area contributed by atoms with Crippen molar-refractivity contribution in [2.24, 2.45) is 0 Å². The molecule has 11 heteroatoms. The Hall–Kier alpha value is -4.25. The van der Waals surface area contributed by atoms with Gasteiger partial charge in [0.25, 0.3) is 0 Å². The molecule has 0 N–H and O–H groups in total. The molecule has 0 heterocycles. The maximum absolute atomic E-state index is 15.3. The number of hydrogen-bond acceptors (Lipinski definition) is 7. The third-order valence-corrected chi connectivity index (χ3v) is 7.96. The number of aromatic carboxylic acids is 1. The van der Waals surface area contributed by atoms with Gasteiger partial charge in [-0.3, -0.25) is 4.79 Å². The average molecular weight is 688 g/mol. The molecule has 0 aliphatic heterocycles. The lowest BCUT2D eigenvalue weighted by atomic mass is 9.92. The summed E-state index contributed by atoms with van der Waals surface area (Å²) in [5.41, 5.74) is 0.545. The zero-order valence-corrected chi connectivity index (χ0v) is 27.9. The second kappa shape index (κ2) is 19.7. The van der Waals surface area contributed by atoms with Crippen LogP contribution in [0, 0.1) is 5.82 Å². The Kier molecular flexibility index (Phi) is 15.7. The number of halogens is 4. The number of benzene rings is 3. The van der Waals surface area contributed by atoms with E-state index in [0.29, 0.717) is 29.9 Å². The van der Waals surface area contributed by atoms with E-state index in [1.807, 2.05) is 0 Å². The highest BCUT2D eigenvalue weighted by Crippen LogP contribution is 2.35. The summed E-state index contributed by atoms with van der Waals surface area (Å²) in [6.45, 7) is 4.24. The lowest BCUT2D eigenvalue weighted by Gasteiger charge is -2.21. The molecule has 0 amide bonds. The average Bonchev–Trinajstić information content (AvgIpc) is 3.06. The Labute approximate surface area is 284 Å². The molecule has 49 heavy (non-hydrogen) atoms. The zero-order chi connectivity index (χ0) is 35.8. The van der Waals surface area contributed by atoms with Gasteiger partial charge in [0, 0.05) is 19.6 Å². The molecule has 0 unspecified atom stereocenters. The van der Waals surface area contributed by atoms with Crippen LogP contribution in [0.5, 0.6) is 5.75 Å². The van der Waals surface area contributed by atoms with E-state index in [0.717, 1.165) is 37.8 Å². The first-order chi connectivity index (χ1) is 23.4. The summed E-state index contributed by atoms with van der Waals surface area (Å²) >= 11 is 0. The Morgan fingerprint density at radius 2 is 1.43 bits per heavy atom. The van der Waals surface area contributed by atoms with E-state index in [4.69, 9.17) is 9.47 Å². The fraction of sp³-hybridized carbons (Fsp3) is 0.447. The molecule has 0 aliphatic rings. The first kappa shape index (κ1) is 39.2. The number of unbranched alkanes of at least 4 members (excludes halogenated alkanes) is 7. The highest BCUT2D eigenvalue weighted by molar-refractivity contribution is 5.94. The van der Waals surface area contributed by atoms with E-state index < -0.39 is 42.0 Å². The fourth-order valence-corrected chi connectivity index (χ4v) is 5.30. The van der Waals surface area contributed by atoms with Crippen LogP contribution in [0.2, 0.25) is 0 Å². The molecule has 1 atom stereocenters. The van der Waals surface area contributed by atoms with Crippen molar-refractivity contribution in [3.63, 3.8) is 0 Å². The van der Waals surface area contributed by atoms with Crippen molar-refractivity contribution < 1.29 is 51.3 Å². The van der Waals surface area contributed by atoms with Gasteiger partial charge in [0.05, 0.1) is 11.5 Å². The number of carbonyl (C=O) groups is 3. The molecule has 7 nitrogen and oxygen atoms in total. The van der Waals surface area contributed by atoms with Gasteiger partial charge in [-0.05, 0) is 84.3 Å². The number of esters is 2. The van der Waals surface area contributed by atoms with Crippen LogP contribution in [-0.2, 0) is 14.3 Å². The maximum atomic E-state index is 15.3.